The maximum Gasteiger partial charge on any atom is 0.277 e. The van der Waals surface area contributed by atoms with Gasteiger partial charge in [0.25, 0.3) is 10.2 Å². The first kappa shape index (κ1) is 13.8. The minimum atomic E-state index is -3.43. The number of nitrogens with one attached hydrogen (secondary N) is 3. The summed E-state index contributed by atoms with van der Waals surface area (Å²) >= 11 is 0. The van der Waals surface area contributed by atoms with Crippen LogP contribution in [-0.4, -0.2) is 61.0 Å². The molecule has 0 aromatic rings. The van der Waals surface area contributed by atoms with Crippen molar-refractivity contribution >= 4 is 10.2 Å². The van der Waals surface area contributed by atoms with Crippen molar-refractivity contribution in [2.75, 3.05) is 46.6 Å². The summed E-state index contributed by atoms with van der Waals surface area (Å²) in [7, 11) is -1.91. The zero-order valence-electron chi connectivity index (χ0n) is 9.36. The fourth-order valence-electron chi connectivity index (χ4n) is 1.29. The summed E-state index contributed by atoms with van der Waals surface area (Å²) < 4.78 is 37.6. The highest BCUT2D eigenvalue weighted by atomic mass is 32.2. The van der Waals surface area contributed by atoms with Gasteiger partial charge in [-0.15, -0.1) is 0 Å². The Morgan fingerprint density at radius 1 is 1.50 bits per heavy atom. The van der Waals surface area contributed by atoms with Crippen molar-refractivity contribution in [3.05, 3.63) is 0 Å². The lowest BCUT2D eigenvalue weighted by molar-refractivity contribution is 0.0783. The van der Waals surface area contributed by atoms with E-state index in [0.717, 1.165) is 6.54 Å². The maximum absolute atomic E-state index is 11.4. The summed E-state index contributed by atoms with van der Waals surface area (Å²) in [6.45, 7) is 2.90. The molecule has 7 nitrogen and oxygen atoms in total. The zero-order chi connectivity index (χ0) is 11.9. The van der Waals surface area contributed by atoms with E-state index in [1.54, 1.807) is 0 Å². The molecule has 0 aromatic carbocycles. The van der Waals surface area contributed by atoms with E-state index in [9.17, 15) is 8.42 Å². The summed E-state index contributed by atoms with van der Waals surface area (Å²) in [5, 5.41) is 3.15. The first-order valence-corrected chi connectivity index (χ1v) is 6.66. The van der Waals surface area contributed by atoms with E-state index in [0.29, 0.717) is 26.4 Å². The molecule has 1 heterocycles. The molecule has 1 saturated heterocycles. The summed E-state index contributed by atoms with van der Waals surface area (Å²) in [6.07, 6.45) is 0. The van der Waals surface area contributed by atoms with Gasteiger partial charge in [-0.05, 0) is 0 Å². The van der Waals surface area contributed by atoms with E-state index in [2.05, 4.69) is 14.8 Å². The van der Waals surface area contributed by atoms with E-state index >= 15 is 0 Å². The standard InChI is InChI=1S/C8H19N3O4S/c1-14-4-3-10-16(12,13)11-6-8-7-15-5-2-9-8/h8-11H,2-7H2,1H3. The largest absolute Gasteiger partial charge is 0.383 e. The van der Waals surface area contributed by atoms with Crippen LogP contribution in [-0.2, 0) is 19.7 Å². The molecule has 0 saturated carbocycles. The monoisotopic (exact) mass is 253 g/mol. The molecule has 16 heavy (non-hydrogen) atoms. The van der Waals surface area contributed by atoms with Gasteiger partial charge in [-0.1, -0.05) is 0 Å². The van der Waals surface area contributed by atoms with E-state index in [1.165, 1.54) is 7.11 Å². The van der Waals surface area contributed by atoms with Crippen molar-refractivity contribution in [1.29, 1.82) is 0 Å². The molecule has 0 bridgehead atoms. The molecule has 0 spiro atoms. The summed E-state index contributed by atoms with van der Waals surface area (Å²) in [5.74, 6) is 0. The molecule has 0 aromatic heterocycles. The molecule has 1 rings (SSSR count). The molecule has 1 fully saturated rings. The van der Waals surface area contributed by atoms with Crippen LogP contribution in [0.3, 0.4) is 0 Å². The molecular weight excluding hydrogens is 234 g/mol. The molecule has 8 heteroatoms. The van der Waals surface area contributed by atoms with Crippen molar-refractivity contribution in [2.24, 2.45) is 0 Å². The lowest BCUT2D eigenvalue weighted by Gasteiger charge is -2.23. The highest BCUT2D eigenvalue weighted by Crippen LogP contribution is 1.91. The van der Waals surface area contributed by atoms with Crippen molar-refractivity contribution in [3.8, 4) is 0 Å². The minimum Gasteiger partial charge on any atom is -0.383 e. The van der Waals surface area contributed by atoms with Gasteiger partial charge in [-0.25, -0.2) is 4.72 Å². The fraction of sp³-hybridized carbons (Fsp3) is 1.00. The molecule has 0 amide bonds. The summed E-state index contributed by atoms with van der Waals surface area (Å²) in [4.78, 5) is 0. The number of hydrogen-bond donors (Lipinski definition) is 3. The number of morpholine rings is 1. The average molecular weight is 253 g/mol. The third kappa shape index (κ3) is 5.73. The first-order valence-electron chi connectivity index (χ1n) is 5.18. The SMILES string of the molecule is COCCNS(=O)(=O)NCC1COCCN1. The maximum atomic E-state index is 11.4. The van der Waals surface area contributed by atoms with Gasteiger partial charge in [0.1, 0.15) is 0 Å². The van der Waals surface area contributed by atoms with Gasteiger partial charge in [-0.3, -0.25) is 0 Å². The van der Waals surface area contributed by atoms with Crippen LogP contribution in [0.25, 0.3) is 0 Å². The van der Waals surface area contributed by atoms with Crippen LogP contribution >= 0.6 is 0 Å². The van der Waals surface area contributed by atoms with Crippen LogP contribution in [0.2, 0.25) is 0 Å². The van der Waals surface area contributed by atoms with E-state index < -0.39 is 10.2 Å². The summed E-state index contributed by atoms with van der Waals surface area (Å²) in [6, 6.07) is 0.0350. The van der Waals surface area contributed by atoms with Crippen LogP contribution in [0, 0.1) is 0 Å². The minimum absolute atomic E-state index is 0.0350. The topological polar surface area (TPSA) is 88.7 Å². The normalized spacial score (nSPS) is 22.2. The van der Waals surface area contributed by atoms with Crippen LogP contribution < -0.4 is 14.8 Å². The molecule has 1 unspecified atom stereocenters. The second-order valence-corrected chi connectivity index (χ2v) is 5.05. The number of ether oxygens (including phenoxy) is 2. The fourth-order valence-corrected chi connectivity index (χ4v) is 2.16. The first-order chi connectivity index (χ1) is 7.64. The van der Waals surface area contributed by atoms with Crippen LogP contribution in [0.4, 0.5) is 0 Å². The highest BCUT2D eigenvalue weighted by molar-refractivity contribution is 7.87. The molecular formula is C8H19N3O4S. The van der Waals surface area contributed by atoms with Crippen molar-refractivity contribution in [3.63, 3.8) is 0 Å². The Morgan fingerprint density at radius 2 is 2.31 bits per heavy atom. The number of hydrogen-bond acceptors (Lipinski definition) is 5. The van der Waals surface area contributed by atoms with Gasteiger partial charge in [-0.2, -0.15) is 13.1 Å². The second kappa shape index (κ2) is 7.15. The van der Waals surface area contributed by atoms with E-state index in [4.69, 9.17) is 9.47 Å². The third-order valence-electron chi connectivity index (χ3n) is 2.12. The average Bonchev–Trinajstić information content (AvgIpc) is 2.28. The van der Waals surface area contributed by atoms with Gasteiger partial charge in [0.05, 0.1) is 19.8 Å². The van der Waals surface area contributed by atoms with Crippen LogP contribution in [0.1, 0.15) is 0 Å². The Labute approximate surface area is 96.1 Å². The van der Waals surface area contributed by atoms with Gasteiger partial charge in [0, 0.05) is 32.8 Å². The second-order valence-electron chi connectivity index (χ2n) is 3.46. The van der Waals surface area contributed by atoms with E-state index in [1.807, 2.05) is 0 Å². The Balaban J connectivity index is 2.18. The Morgan fingerprint density at radius 3 is 2.94 bits per heavy atom. The van der Waals surface area contributed by atoms with Gasteiger partial charge in [0.15, 0.2) is 0 Å². The number of methoxy groups -OCH3 is 1. The molecule has 0 radical (unpaired) electrons. The van der Waals surface area contributed by atoms with Crippen LogP contribution in [0.5, 0.6) is 0 Å². The molecule has 1 atom stereocenters. The molecule has 3 N–H and O–H groups in total. The third-order valence-corrected chi connectivity index (χ3v) is 3.25. The van der Waals surface area contributed by atoms with Gasteiger partial charge >= 0.3 is 0 Å². The highest BCUT2D eigenvalue weighted by Gasteiger charge is 2.16. The van der Waals surface area contributed by atoms with E-state index in [-0.39, 0.29) is 12.6 Å². The van der Waals surface area contributed by atoms with Gasteiger partial charge in [0.2, 0.25) is 0 Å². The molecule has 1 aliphatic rings. The lowest BCUT2D eigenvalue weighted by atomic mass is 10.3. The van der Waals surface area contributed by atoms with Gasteiger partial charge < -0.3 is 14.8 Å². The Kier molecular flexibility index (Phi) is 6.17. The predicted molar refractivity (Wildman–Crippen MR) is 59.4 cm³/mol. The smallest absolute Gasteiger partial charge is 0.277 e. The zero-order valence-corrected chi connectivity index (χ0v) is 10.2. The molecule has 96 valence electrons. The van der Waals surface area contributed by atoms with Crippen molar-refractivity contribution in [2.45, 2.75) is 6.04 Å². The molecule has 1 aliphatic heterocycles. The Bertz CT molecular complexity index is 277. The van der Waals surface area contributed by atoms with Crippen molar-refractivity contribution in [1.82, 2.24) is 14.8 Å². The summed E-state index contributed by atoms with van der Waals surface area (Å²) in [5.41, 5.74) is 0. The Hall–Kier alpha value is -0.250. The lowest BCUT2D eigenvalue weighted by Crippen LogP contribution is -2.50. The van der Waals surface area contributed by atoms with Crippen LogP contribution in [0.15, 0.2) is 0 Å². The number of rotatable bonds is 7. The quantitative estimate of drug-likeness (QED) is 0.459. The molecule has 0 aliphatic carbocycles. The predicted octanol–water partition coefficient (Wildman–Crippen LogP) is -1.95. The van der Waals surface area contributed by atoms with Crippen molar-refractivity contribution < 1.29 is 17.9 Å².